The molecule has 1 heterocycles. The lowest BCUT2D eigenvalue weighted by Gasteiger charge is -2.15. The van der Waals surface area contributed by atoms with E-state index in [-0.39, 0.29) is 0 Å². The number of hydrogen-bond donors (Lipinski definition) is 0. The van der Waals surface area contributed by atoms with Crippen LogP contribution in [0.3, 0.4) is 0 Å². The van der Waals surface area contributed by atoms with Crippen LogP contribution in [0.4, 0.5) is 0 Å². The van der Waals surface area contributed by atoms with Crippen LogP contribution in [-0.4, -0.2) is 24.5 Å². The van der Waals surface area contributed by atoms with Gasteiger partial charge in [-0.15, -0.1) is 0 Å². The van der Waals surface area contributed by atoms with E-state index in [4.69, 9.17) is 4.74 Å². The summed E-state index contributed by atoms with van der Waals surface area (Å²) in [5, 5.41) is 4.25. The fourth-order valence-corrected chi connectivity index (χ4v) is 1.96. The van der Waals surface area contributed by atoms with Crippen LogP contribution in [0.15, 0.2) is 6.20 Å². The van der Waals surface area contributed by atoms with Crippen LogP contribution in [0.1, 0.15) is 11.3 Å². The molecule has 0 atom stereocenters. The van der Waals surface area contributed by atoms with E-state index >= 15 is 0 Å². The number of rotatable bonds is 5. The van der Waals surface area contributed by atoms with Gasteiger partial charge in [0, 0.05) is 20.4 Å². The predicted molar refractivity (Wildman–Crippen MR) is 65.8 cm³/mol. The molecule has 0 aliphatic rings. The van der Waals surface area contributed by atoms with Crippen LogP contribution < -0.4 is 0 Å². The van der Waals surface area contributed by atoms with Crippen molar-refractivity contribution in [2.75, 3.05) is 6.61 Å². The molecule has 0 fully saturated rings. The first-order chi connectivity index (χ1) is 6.90. The lowest BCUT2D eigenvalue weighted by molar-refractivity contribution is 0.0771. The molecule has 86 valence electrons. The van der Waals surface area contributed by atoms with Gasteiger partial charge in [0.25, 0.3) is 0 Å². The monoisotopic (exact) mass is 226 g/mol. The van der Waals surface area contributed by atoms with Gasteiger partial charge < -0.3 is 4.74 Å². The Labute approximate surface area is 93.5 Å². The fraction of sp³-hybridized carbons (Fsp3) is 0.727. The molecular weight excluding hydrogens is 204 g/mol. The summed E-state index contributed by atoms with van der Waals surface area (Å²) in [4.78, 5) is 0. The number of aryl methyl sites for hydroxylation is 1. The summed E-state index contributed by atoms with van der Waals surface area (Å²) in [6.07, 6.45) is 1.89. The maximum absolute atomic E-state index is 5.63. The van der Waals surface area contributed by atoms with Gasteiger partial charge in [-0.1, -0.05) is 19.6 Å². The van der Waals surface area contributed by atoms with E-state index in [1.807, 2.05) is 10.9 Å². The fourth-order valence-electron chi connectivity index (χ4n) is 1.20. The Hall–Kier alpha value is -0.613. The van der Waals surface area contributed by atoms with Crippen molar-refractivity contribution in [1.29, 1.82) is 0 Å². The minimum Gasteiger partial charge on any atom is -0.360 e. The zero-order valence-corrected chi connectivity index (χ0v) is 11.5. The normalized spacial score (nSPS) is 12.1. The molecule has 0 unspecified atom stereocenters. The molecule has 0 spiro atoms. The highest BCUT2D eigenvalue weighted by Crippen LogP contribution is 2.09. The van der Waals surface area contributed by atoms with E-state index in [1.54, 1.807) is 0 Å². The zero-order valence-electron chi connectivity index (χ0n) is 10.5. The summed E-state index contributed by atoms with van der Waals surface area (Å²) in [7, 11) is -0.958. The Morgan fingerprint density at radius 2 is 2.00 bits per heavy atom. The van der Waals surface area contributed by atoms with Gasteiger partial charge in [0.1, 0.15) is 6.73 Å². The molecule has 0 saturated heterocycles. The molecule has 3 nitrogen and oxygen atoms in total. The quantitative estimate of drug-likeness (QED) is 0.570. The molecule has 0 N–H and O–H groups in total. The largest absolute Gasteiger partial charge is 0.360 e. The van der Waals surface area contributed by atoms with Crippen molar-refractivity contribution in [3.8, 4) is 0 Å². The first-order valence-corrected chi connectivity index (χ1v) is 9.17. The number of ether oxygens (including phenoxy) is 1. The summed E-state index contributed by atoms with van der Waals surface area (Å²) in [5.74, 6) is 0. The molecule has 1 aromatic heterocycles. The molecule has 0 aliphatic heterocycles. The van der Waals surface area contributed by atoms with Crippen molar-refractivity contribution < 1.29 is 4.74 Å². The maximum atomic E-state index is 5.63. The van der Waals surface area contributed by atoms with Gasteiger partial charge in [-0.25, -0.2) is 4.68 Å². The minimum absolute atomic E-state index is 0.587. The molecule has 0 aliphatic carbocycles. The van der Waals surface area contributed by atoms with Crippen LogP contribution in [0.5, 0.6) is 0 Å². The van der Waals surface area contributed by atoms with Gasteiger partial charge in [0.15, 0.2) is 0 Å². The molecule has 0 radical (unpaired) electrons. The van der Waals surface area contributed by atoms with E-state index in [1.165, 1.54) is 17.3 Å². The molecule has 0 aromatic carbocycles. The molecule has 0 amide bonds. The van der Waals surface area contributed by atoms with Gasteiger partial charge in [0.2, 0.25) is 0 Å². The topological polar surface area (TPSA) is 27.1 Å². The number of nitrogens with zero attached hydrogens (tertiary/aromatic N) is 2. The standard InChI is InChI=1S/C11H22N2OSi/c1-10-8-12-13(11(10)2)9-14-6-7-15(3,4)5/h8H,6-7,9H2,1-5H3. The molecular formula is C11H22N2OSi. The van der Waals surface area contributed by atoms with Crippen LogP contribution in [0.2, 0.25) is 25.7 Å². The maximum Gasteiger partial charge on any atom is 0.139 e. The average Bonchev–Trinajstić information content (AvgIpc) is 2.42. The summed E-state index contributed by atoms with van der Waals surface area (Å²) in [5.41, 5.74) is 2.42. The summed E-state index contributed by atoms with van der Waals surface area (Å²) < 4.78 is 7.54. The van der Waals surface area contributed by atoms with Crippen molar-refractivity contribution in [2.45, 2.75) is 46.3 Å². The van der Waals surface area contributed by atoms with E-state index in [0.717, 1.165) is 6.61 Å². The first kappa shape index (κ1) is 12.5. The summed E-state index contributed by atoms with van der Waals surface area (Å²) in [6, 6.07) is 1.21. The van der Waals surface area contributed by atoms with E-state index in [9.17, 15) is 0 Å². The highest BCUT2D eigenvalue weighted by molar-refractivity contribution is 6.76. The summed E-state index contributed by atoms with van der Waals surface area (Å²) in [6.45, 7) is 12.7. The lowest BCUT2D eigenvalue weighted by Crippen LogP contribution is -2.22. The van der Waals surface area contributed by atoms with Gasteiger partial charge in [-0.05, 0) is 25.5 Å². The van der Waals surface area contributed by atoms with Crippen molar-refractivity contribution >= 4 is 8.07 Å². The van der Waals surface area contributed by atoms with Crippen LogP contribution in [-0.2, 0) is 11.5 Å². The zero-order chi connectivity index (χ0) is 11.5. The van der Waals surface area contributed by atoms with Crippen molar-refractivity contribution in [3.63, 3.8) is 0 Å². The average molecular weight is 226 g/mol. The first-order valence-electron chi connectivity index (χ1n) is 5.47. The third kappa shape index (κ3) is 4.18. The van der Waals surface area contributed by atoms with Crippen molar-refractivity contribution in [1.82, 2.24) is 9.78 Å². The van der Waals surface area contributed by atoms with Crippen LogP contribution >= 0.6 is 0 Å². The number of hydrogen-bond acceptors (Lipinski definition) is 2. The predicted octanol–water partition coefficient (Wildman–Crippen LogP) is 2.81. The number of aromatic nitrogens is 2. The van der Waals surface area contributed by atoms with Gasteiger partial charge in [0.05, 0.1) is 6.20 Å². The SMILES string of the molecule is Cc1cnn(COCC[Si](C)(C)C)c1C. The summed E-state index contributed by atoms with van der Waals surface area (Å²) >= 11 is 0. The Balaban J connectivity index is 2.30. The van der Waals surface area contributed by atoms with Crippen molar-refractivity contribution in [3.05, 3.63) is 17.5 Å². The van der Waals surface area contributed by atoms with E-state index in [0.29, 0.717) is 6.73 Å². The smallest absolute Gasteiger partial charge is 0.139 e. The Bertz CT molecular complexity index is 315. The molecule has 15 heavy (non-hydrogen) atoms. The minimum atomic E-state index is -0.958. The van der Waals surface area contributed by atoms with Crippen LogP contribution in [0, 0.1) is 13.8 Å². The third-order valence-electron chi connectivity index (χ3n) is 2.56. The molecule has 4 heteroatoms. The molecule has 1 aromatic rings. The lowest BCUT2D eigenvalue weighted by atomic mass is 10.3. The van der Waals surface area contributed by atoms with E-state index < -0.39 is 8.07 Å². The Morgan fingerprint density at radius 1 is 1.33 bits per heavy atom. The second-order valence-electron chi connectivity index (χ2n) is 5.26. The highest BCUT2D eigenvalue weighted by Gasteiger charge is 2.12. The molecule has 0 bridgehead atoms. The Kier molecular flexibility index (Phi) is 4.10. The van der Waals surface area contributed by atoms with Gasteiger partial charge >= 0.3 is 0 Å². The second kappa shape index (κ2) is 4.94. The van der Waals surface area contributed by atoms with Crippen molar-refractivity contribution in [2.24, 2.45) is 0 Å². The Morgan fingerprint density at radius 3 is 2.47 bits per heavy atom. The van der Waals surface area contributed by atoms with E-state index in [2.05, 4.69) is 38.6 Å². The second-order valence-corrected chi connectivity index (χ2v) is 10.9. The third-order valence-corrected chi connectivity index (χ3v) is 4.26. The molecule has 1 rings (SSSR count). The highest BCUT2D eigenvalue weighted by atomic mass is 28.3. The van der Waals surface area contributed by atoms with Gasteiger partial charge in [-0.3, -0.25) is 0 Å². The van der Waals surface area contributed by atoms with Gasteiger partial charge in [-0.2, -0.15) is 5.10 Å². The molecule has 0 saturated carbocycles. The van der Waals surface area contributed by atoms with Crippen LogP contribution in [0.25, 0.3) is 0 Å².